The summed E-state index contributed by atoms with van der Waals surface area (Å²) >= 11 is 5.98. The zero-order valence-corrected chi connectivity index (χ0v) is 20.0. The van der Waals surface area contributed by atoms with Crippen LogP contribution in [0.5, 0.6) is 0 Å². The second-order valence-electron chi connectivity index (χ2n) is 9.11. The van der Waals surface area contributed by atoms with E-state index in [4.69, 9.17) is 16.0 Å². The van der Waals surface area contributed by atoms with Gasteiger partial charge in [0.2, 0.25) is 0 Å². The Bertz CT molecular complexity index is 1170. The second kappa shape index (κ2) is 9.28. The molecule has 0 saturated carbocycles. The van der Waals surface area contributed by atoms with Crippen LogP contribution in [0.25, 0.3) is 11.3 Å². The maximum absolute atomic E-state index is 13.4. The molecule has 5 rings (SSSR count). The molecule has 2 aliphatic heterocycles. The average molecular weight is 478 g/mol. The van der Waals surface area contributed by atoms with Crippen LogP contribution < -0.4 is 0 Å². The van der Waals surface area contributed by atoms with Crippen molar-refractivity contribution in [3.8, 4) is 11.3 Å². The van der Waals surface area contributed by atoms with Crippen LogP contribution in [0.4, 0.5) is 4.79 Å². The van der Waals surface area contributed by atoms with E-state index in [2.05, 4.69) is 4.90 Å². The first-order valence-corrected chi connectivity index (χ1v) is 12.0. The molecule has 0 N–H and O–H groups in total. The highest BCUT2D eigenvalue weighted by molar-refractivity contribution is 6.30. The van der Waals surface area contributed by atoms with Gasteiger partial charge in [-0.25, -0.2) is 4.79 Å². The fourth-order valence-corrected chi connectivity index (χ4v) is 5.14. The number of halogens is 1. The summed E-state index contributed by atoms with van der Waals surface area (Å²) in [5, 5.41) is 0.696. The molecule has 1 spiro atoms. The quantitative estimate of drug-likeness (QED) is 0.465. The molecule has 3 heterocycles. The molecule has 1 aromatic heterocycles. The molecule has 0 bridgehead atoms. The zero-order valence-electron chi connectivity index (χ0n) is 19.2. The first-order valence-electron chi connectivity index (χ1n) is 11.7. The number of amides is 3. The summed E-state index contributed by atoms with van der Waals surface area (Å²) in [7, 11) is 1.77. The Hall–Kier alpha value is -3.09. The van der Waals surface area contributed by atoms with E-state index in [1.807, 2.05) is 66.7 Å². The van der Waals surface area contributed by atoms with E-state index >= 15 is 0 Å². The number of hydrogen-bond acceptors (Lipinski definition) is 4. The molecular formula is C27H28ClN3O3. The lowest BCUT2D eigenvalue weighted by Crippen LogP contribution is -2.55. The number of nitrogens with zero attached hydrogens (tertiary/aromatic N) is 3. The van der Waals surface area contributed by atoms with Crippen molar-refractivity contribution in [2.45, 2.75) is 31.3 Å². The van der Waals surface area contributed by atoms with E-state index in [1.54, 1.807) is 11.9 Å². The van der Waals surface area contributed by atoms with E-state index in [0.29, 0.717) is 37.4 Å². The van der Waals surface area contributed by atoms with E-state index in [-0.39, 0.29) is 11.9 Å². The van der Waals surface area contributed by atoms with Crippen LogP contribution in [0.2, 0.25) is 5.02 Å². The third-order valence-electron chi connectivity index (χ3n) is 7.12. The molecule has 0 aliphatic carbocycles. The third-order valence-corrected chi connectivity index (χ3v) is 7.38. The Balaban J connectivity index is 1.20. The monoisotopic (exact) mass is 477 g/mol. The zero-order chi connectivity index (χ0) is 23.7. The molecule has 3 amide bonds. The predicted molar refractivity (Wildman–Crippen MR) is 131 cm³/mol. The molecule has 7 heteroatoms. The van der Waals surface area contributed by atoms with Crippen LogP contribution in [-0.2, 0) is 17.8 Å². The van der Waals surface area contributed by atoms with Gasteiger partial charge in [-0.05, 0) is 61.2 Å². The van der Waals surface area contributed by atoms with Crippen molar-refractivity contribution >= 4 is 23.5 Å². The van der Waals surface area contributed by atoms with Gasteiger partial charge in [-0.1, -0.05) is 41.9 Å². The van der Waals surface area contributed by atoms with Gasteiger partial charge in [0.25, 0.3) is 5.91 Å². The number of furan rings is 1. The van der Waals surface area contributed by atoms with Crippen LogP contribution in [0, 0.1) is 0 Å². The minimum Gasteiger partial charge on any atom is -0.460 e. The fourth-order valence-electron chi connectivity index (χ4n) is 5.01. The normalized spacial score (nSPS) is 18.3. The molecule has 0 unspecified atom stereocenters. The summed E-state index contributed by atoms with van der Waals surface area (Å²) in [6.07, 6.45) is 1.92. The van der Waals surface area contributed by atoms with Crippen LogP contribution in [0.1, 0.15) is 24.2 Å². The number of imide groups is 1. The fraction of sp³-hybridized carbons (Fsp3) is 0.333. The average Bonchev–Trinajstić information content (AvgIpc) is 3.39. The molecule has 3 aromatic rings. The Labute approximate surface area is 204 Å². The van der Waals surface area contributed by atoms with E-state index < -0.39 is 5.54 Å². The van der Waals surface area contributed by atoms with E-state index in [9.17, 15) is 9.59 Å². The second-order valence-corrected chi connectivity index (χ2v) is 9.55. The molecule has 176 valence electrons. The topological polar surface area (TPSA) is 57.0 Å². The van der Waals surface area contributed by atoms with Gasteiger partial charge in [-0.2, -0.15) is 0 Å². The lowest BCUT2D eigenvalue weighted by Gasteiger charge is -2.40. The van der Waals surface area contributed by atoms with E-state index in [1.165, 1.54) is 4.90 Å². The number of likely N-dealkylation sites (N-methyl/N-ethyl adjacent to an activating group) is 1. The molecular weight excluding hydrogens is 450 g/mol. The standard InChI is InChI=1S/C27H28ClN3O3/c1-29-26(33)31(16-13-20-5-3-2-4-6-20)25(32)27(29)14-17-30(18-15-27)19-23-11-12-24(34-23)21-7-9-22(28)10-8-21/h2-12H,13-19H2,1H3. The summed E-state index contributed by atoms with van der Waals surface area (Å²) in [4.78, 5) is 31.7. The number of carbonyl (C=O) groups is 2. The molecule has 0 atom stereocenters. The maximum Gasteiger partial charge on any atom is 0.327 e. The Morgan fingerprint density at radius 2 is 1.65 bits per heavy atom. The largest absolute Gasteiger partial charge is 0.460 e. The maximum atomic E-state index is 13.4. The van der Waals surface area contributed by atoms with Gasteiger partial charge < -0.3 is 9.32 Å². The van der Waals surface area contributed by atoms with Crippen molar-refractivity contribution in [2.24, 2.45) is 0 Å². The molecule has 2 fully saturated rings. The van der Waals surface area contributed by atoms with Crippen LogP contribution >= 0.6 is 11.6 Å². The van der Waals surface area contributed by atoms with Gasteiger partial charge in [-0.3, -0.25) is 14.6 Å². The summed E-state index contributed by atoms with van der Waals surface area (Å²) in [5.41, 5.74) is 1.38. The smallest absolute Gasteiger partial charge is 0.327 e. The highest BCUT2D eigenvalue weighted by Gasteiger charge is 2.56. The van der Waals surface area contributed by atoms with Gasteiger partial charge in [0.1, 0.15) is 17.1 Å². The van der Waals surface area contributed by atoms with Gasteiger partial charge in [0.15, 0.2) is 0 Å². The molecule has 2 aliphatic rings. The molecule has 6 nitrogen and oxygen atoms in total. The number of benzene rings is 2. The molecule has 34 heavy (non-hydrogen) atoms. The third kappa shape index (κ3) is 4.24. The first-order chi connectivity index (χ1) is 16.5. The Morgan fingerprint density at radius 1 is 0.941 bits per heavy atom. The SMILES string of the molecule is CN1C(=O)N(CCc2ccccc2)C(=O)C12CCN(Cc1ccc(-c3ccc(Cl)cc3)o1)CC2. The van der Waals surface area contributed by atoms with Crippen molar-refractivity contribution < 1.29 is 14.0 Å². The molecule has 2 aromatic carbocycles. The molecule has 2 saturated heterocycles. The van der Waals surface area contributed by atoms with Crippen molar-refractivity contribution in [2.75, 3.05) is 26.7 Å². The lowest BCUT2D eigenvalue weighted by atomic mass is 9.86. The van der Waals surface area contributed by atoms with E-state index in [0.717, 1.165) is 35.7 Å². The Morgan fingerprint density at radius 3 is 2.35 bits per heavy atom. The van der Waals surface area contributed by atoms with Crippen LogP contribution in [0.15, 0.2) is 71.1 Å². The highest BCUT2D eigenvalue weighted by atomic mass is 35.5. The highest BCUT2D eigenvalue weighted by Crippen LogP contribution is 2.37. The van der Waals surface area contributed by atoms with Gasteiger partial charge in [0, 0.05) is 37.3 Å². The van der Waals surface area contributed by atoms with Crippen molar-refractivity contribution in [3.05, 3.63) is 83.1 Å². The van der Waals surface area contributed by atoms with Gasteiger partial charge in [-0.15, -0.1) is 0 Å². The number of carbonyl (C=O) groups excluding carboxylic acids is 2. The number of urea groups is 1. The van der Waals surface area contributed by atoms with Crippen molar-refractivity contribution in [1.29, 1.82) is 0 Å². The van der Waals surface area contributed by atoms with Gasteiger partial charge in [0.05, 0.1) is 6.54 Å². The molecule has 0 radical (unpaired) electrons. The number of hydrogen-bond donors (Lipinski definition) is 0. The summed E-state index contributed by atoms with van der Waals surface area (Å²) in [6.45, 7) is 2.55. The Kier molecular flexibility index (Phi) is 6.19. The summed E-state index contributed by atoms with van der Waals surface area (Å²) in [5.74, 6) is 1.64. The van der Waals surface area contributed by atoms with Crippen molar-refractivity contribution in [3.63, 3.8) is 0 Å². The minimum absolute atomic E-state index is 0.0568. The first kappa shape index (κ1) is 22.7. The minimum atomic E-state index is -0.734. The van der Waals surface area contributed by atoms with Crippen molar-refractivity contribution in [1.82, 2.24) is 14.7 Å². The summed E-state index contributed by atoms with van der Waals surface area (Å²) in [6, 6.07) is 21.3. The van der Waals surface area contributed by atoms with Crippen LogP contribution in [-0.4, -0.2) is 58.9 Å². The number of rotatable bonds is 6. The van der Waals surface area contributed by atoms with Gasteiger partial charge >= 0.3 is 6.03 Å². The number of likely N-dealkylation sites (tertiary alicyclic amines) is 1. The lowest BCUT2D eigenvalue weighted by molar-refractivity contribution is -0.135. The van der Waals surface area contributed by atoms with Crippen LogP contribution in [0.3, 0.4) is 0 Å². The summed E-state index contributed by atoms with van der Waals surface area (Å²) < 4.78 is 6.06. The number of piperidine rings is 1. The predicted octanol–water partition coefficient (Wildman–Crippen LogP) is 5.07.